The van der Waals surface area contributed by atoms with E-state index in [0.717, 1.165) is 23.5 Å². The molecule has 1 aromatic carbocycles. The molecule has 0 aliphatic heterocycles. The summed E-state index contributed by atoms with van der Waals surface area (Å²) in [7, 11) is 4.83. The van der Waals surface area contributed by atoms with Gasteiger partial charge in [0.2, 0.25) is 0 Å². The Kier molecular flexibility index (Phi) is 3.45. The molecule has 2 atom stereocenters. The van der Waals surface area contributed by atoms with Crippen LogP contribution in [0.15, 0.2) is 12.1 Å². The van der Waals surface area contributed by atoms with Gasteiger partial charge in [0.1, 0.15) is 23.0 Å². The summed E-state index contributed by atoms with van der Waals surface area (Å²) in [6.07, 6.45) is 0.869. The summed E-state index contributed by atoms with van der Waals surface area (Å²) >= 11 is 0. The molecule has 98 valence electrons. The third-order valence-electron chi connectivity index (χ3n) is 3.44. The summed E-state index contributed by atoms with van der Waals surface area (Å²) in [5.74, 6) is 2.66. The number of methoxy groups -OCH3 is 3. The molecule has 0 heterocycles. The average Bonchev–Trinajstić information content (AvgIpc) is 3.17. The molecule has 1 aliphatic rings. The van der Waals surface area contributed by atoms with Gasteiger partial charge in [0, 0.05) is 29.5 Å². The third-order valence-corrected chi connectivity index (χ3v) is 3.44. The van der Waals surface area contributed by atoms with Gasteiger partial charge in [-0.15, -0.1) is 0 Å². The van der Waals surface area contributed by atoms with Gasteiger partial charge in [-0.2, -0.15) is 0 Å². The molecule has 0 bridgehead atoms. The maximum absolute atomic E-state index is 11.4. The highest BCUT2D eigenvalue weighted by Crippen LogP contribution is 2.54. The van der Waals surface area contributed by atoms with Crippen LogP contribution in [-0.2, 0) is 4.79 Å². The molecule has 0 aromatic heterocycles. The number of ketones is 1. The normalized spacial score (nSPS) is 21.3. The molecule has 1 aromatic rings. The van der Waals surface area contributed by atoms with Crippen molar-refractivity contribution in [2.24, 2.45) is 5.92 Å². The van der Waals surface area contributed by atoms with Crippen molar-refractivity contribution in [1.82, 2.24) is 0 Å². The number of carbonyl (C=O) groups is 1. The lowest BCUT2D eigenvalue weighted by atomic mass is 10.0. The average molecular weight is 250 g/mol. The summed E-state index contributed by atoms with van der Waals surface area (Å²) in [5.41, 5.74) is 0.973. The second-order valence-corrected chi connectivity index (χ2v) is 4.50. The van der Waals surface area contributed by atoms with E-state index in [1.54, 1.807) is 28.3 Å². The Morgan fingerprint density at radius 1 is 1.11 bits per heavy atom. The topological polar surface area (TPSA) is 44.8 Å². The van der Waals surface area contributed by atoms with E-state index in [0.29, 0.717) is 5.75 Å². The molecule has 2 rings (SSSR count). The van der Waals surface area contributed by atoms with Gasteiger partial charge in [-0.25, -0.2) is 0 Å². The molecule has 4 heteroatoms. The van der Waals surface area contributed by atoms with E-state index in [9.17, 15) is 4.79 Å². The van der Waals surface area contributed by atoms with Gasteiger partial charge in [-0.1, -0.05) is 0 Å². The highest BCUT2D eigenvalue weighted by molar-refractivity contribution is 5.83. The van der Waals surface area contributed by atoms with Crippen molar-refractivity contribution in [2.45, 2.75) is 19.3 Å². The zero-order valence-corrected chi connectivity index (χ0v) is 11.1. The fourth-order valence-corrected chi connectivity index (χ4v) is 2.36. The number of hydrogen-bond donors (Lipinski definition) is 0. The Hall–Kier alpha value is -1.71. The summed E-state index contributed by atoms with van der Waals surface area (Å²) in [5, 5.41) is 0. The minimum absolute atomic E-state index is 0.0983. The summed E-state index contributed by atoms with van der Waals surface area (Å²) in [4.78, 5) is 11.4. The summed E-state index contributed by atoms with van der Waals surface area (Å²) in [6, 6.07) is 3.65. The standard InChI is InChI=1S/C14H18O4/c1-8(15)10-7-11(10)14-12(17-3)5-9(16-2)6-13(14)18-4/h5-6,10-11H,7H2,1-4H3/t10-,11+/m0/s1. The number of carbonyl (C=O) groups excluding carboxylic acids is 1. The van der Waals surface area contributed by atoms with E-state index in [4.69, 9.17) is 14.2 Å². The van der Waals surface area contributed by atoms with E-state index >= 15 is 0 Å². The molecule has 0 spiro atoms. The zero-order valence-electron chi connectivity index (χ0n) is 11.1. The quantitative estimate of drug-likeness (QED) is 0.805. The molecular formula is C14H18O4. The van der Waals surface area contributed by atoms with Crippen LogP contribution in [0, 0.1) is 5.92 Å². The van der Waals surface area contributed by atoms with Crippen LogP contribution in [0.1, 0.15) is 24.8 Å². The lowest BCUT2D eigenvalue weighted by Crippen LogP contribution is -2.00. The molecule has 4 nitrogen and oxygen atoms in total. The van der Waals surface area contributed by atoms with Crippen LogP contribution in [0.5, 0.6) is 17.2 Å². The zero-order chi connectivity index (χ0) is 13.3. The molecule has 0 unspecified atom stereocenters. The van der Waals surface area contributed by atoms with Gasteiger partial charge in [-0.3, -0.25) is 4.79 Å². The van der Waals surface area contributed by atoms with Gasteiger partial charge >= 0.3 is 0 Å². The van der Waals surface area contributed by atoms with Crippen molar-refractivity contribution in [1.29, 1.82) is 0 Å². The minimum Gasteiger partial charge on any atom is -0.496 e. The SMILES string of the molecule is COc1cc(OC)c([C@@H]2C[C@H]2C(C)=O)c(OC)c1. The Balaban J connectivity index is 2.42. The first kappa shape index (κ1) is 12.7. The molecule has 1 fully saturated rings. The Morgan fingerprint density at radius 3 is 2.00 bits per heavy atom. The molecule has 1 saturated carbocycles. The Labute approximate surface area is 107 Å². The Bertz CT molecular complexity index is 442. The van der Waals surface area contributed by atoms with Gasteiger partial charge in [0.05, 0.1) is 21.3 Å². The van der Waals surface area contributed by atoms with Crippen LogP contribution < -0.4 is 14.2 Å². The van der Waals surface area contributed by atoms with Crippen molar-refractivity contribution in [3.8, 4) is 17.2 Å². The lowest BCUT2D eigenvalue weighted by molar-refractivity contribution is -0.118. The van der Waals surface area contributed by atoms with E-state index < -0.39 is 0 Å². The highest BCUT2D eigenvalue weighted by Gasteiger charge is 2.45. The van der Waals surface area contributed by atoms with Crippen LogP contribution in [0.4, 0.5) is 0 Å². The van der Waals surface area contributed by atoms with Crippen molar-refractivity contribution in [3.63, 3.8) is 0 Å². The number of rotatable bonds is 5. The van der Waals surface area contributed by atoms with Gasteiger partial charge in [0.25, 0.3) is 0 Å². The van der Waals surface area contributed by atoms with Gasteiger partial charge in [-0.05, 0) is 13.3 Å². The number of hydrogen-bond acceptors (Lipinski definition) is 4. The van der Waals surface area contributed by atoms with Crippen LogP contribution in [-0.4, -0.2) is 27.1 Å². The Morgan fingerprint density at radius 2 is 1.67 bits per heavy atom. The maximum atomic E-state index is 11.4. The first-order valence-electron chi connectivity index (χ1n) is 5.92. The van der Waals surface area contributed by atoms with E-state index in [-0.39, 0.29) is 17.6 Å². The summed E-state index contributed by atoms with van der Waals surface area (Å²) in [6.45, 7) is 1.63. The second kappa shape index (κ2) is 4.88. The van der Waals surface area contributed by atoms with E-state index in [1.807, 2.05) is 12.1 Å². The van der Waals surface area contributed by atoms with Crippen LogP contribution in [0.3, 0.4) is 0 Å². The lowest BCUT2D eigenvalue weighted by Gasteiger charge is -2.14. The molecular weight excluding hydrogens is 232 g/mol. The van der Waals surface area contributed by atoms with E-state index in [1.165, 1.54) is 0 Å². The van der Waals surface area contributed by atoms with E-state index in [2.05, 4.69) is 0 Å². The highest BCUT2D eigenvalue weighted by atomic mass is 16.5. The first-order chi connectivity index (χ1) is 8.62. The number of benzene rings is 1. The fraction of sp³-hybridized carbons (Fsp3) is 0.500. The molecule has 0 N–H and O–H groups in total. The summed E-state index contributed by atoms with van der Waals surface area (Å²) < 4.78 is 16.0. The molecule has 0 amide bonds. The number of Topliss-reactive ketones (excluding diaryl/α,β-unsaturated/α-hetero) is 1. The van der Waals surface area contributed by atoms with Crippen molar-refractivity contribution in [2.75, 3.05) is 21.3 Å². The fourth-order valence-electron chi connectivity index (χ4n) is 2.36. The van der Waals surface area contributed by atoms with Crippen molar-refractivity contribution in [3.05, 3.63) is 17.7 Å². The third kappa shape index (κ3) is 2.15. The predicted octanol–water partition coefficient (Wildman–Crippen LogP) is 2.40. The first-order valence-corrected chi connectivity index (χ1v) is 5.92. The molecule has 0 saturated heterocycles. The molecule has 1 aliphatic carbocycles. The van der Waals surface area contributed by atoms with Crippen LogP contribution in [0.25, 0.3) is 0 Å². The molecule has 18 heavy (non-hydrogen) atoms. The maximum Gasteiger partial charge on any atom is 0.133 e. The van der Waals surface area contributed by atoms with Crippen molar-refractivity contribution >= 4 is 5.78 Å². The second-order valence-electron chi connectivity index (χ2n) is 4.50. The molecule has 0 radical (unpaired) electrons. The largest absolute Gasteiger partial charge is 0.496 e. The smallest absolute Gasteiger partial charge is 0.133 e. The minimum atomic E-state index is 0.0983. The van der Waals surface area contributed by atoms with Gasteiger partial charge in [0.15, 0.2) is 0 Å². The predicted molar refractivity (Wildman–Crippen MR) is 67.6 cm³/mol. The van der Waals surface area contributed by atoms with Crippen molar-refractivity contribution < 1.29 is 19.0 Å². The monoisotopic (exact) mass is 250 g/mol. The van der Waals surface area contributed by atoms with Crippen LogP contribution in [0.2, 0.25) is 0 Å². The van der Waals surface area contributed by atoms with Crippen LogP contribution >= 0.6 is 0 Å². The number of ether oxygens (including phenoxy) is 3. The van der Waals surface area contributed by atoms with Gasteiger partial charge < -0.3 is 14.2 Å².